The number of hydrogen-bond acceptors (Lipinski definition) is 3. The van der Waals surface area contributed by atoms with Crippen molar-refractivity contribution in [3.8, 4) is 0 Å². The first kappa shape index (κ1) is 21.3. The third-order valence-electron chi connectivity index (χ3n) is 4.99. The number of aryl methyl sites for hydroxylation is 1. The van der Waals surface area contributed by atoms with Crippen molar-refractivity contribution in [3.05, 3.63) is 90.5 Å². The molecule has 0 amide bonds. The summed E-state index contributed by atoms with van der Waals surface area (Å²) < 4.78 is 12.0. The normalized spacial score (nSPS) is 11.4. The quantitative estimate of drug-likeness (QED) is 0.345. The lowest BCUT2D eigenvalue weighted by Crippen LogP contribution is -2.39. The van der Waals surface area contributed by atoms with Crippen molar-refractivity contribution in [2.45, 2.75) is 32.9 Å². The van der Waals surface area contributed by atoms with Crippen LogP contribution in [0.4, 0.5) is 17.1 Å². The minimum Gasteiger partial charge on any atom is -0.395 e. The first-order valence-electron chi connectivity index (χ1n) is 10.4. The fraction of sp³-hybridized carbons (Fsp3) is 0.280. The molecular formula is C25H31NO2Si. The number of nitrogens with zero attached hydrogens (tertiary/aromatic N) is 1. The van der Waals surface area contributed by atoms with Crippen LogP contribution in [-0.2, 0) is 15.3 Å². The molecule has 0 aliphatic heterocycles. The molecule has 3 rings (SSSR count). The van der Waals surface area contributed by atoms with Gasteiger partial charge in [-0.25, -0.2) is 0 Å². The molecule has 0 radical (unpaired) electrons. The lowest BCUT2D eigenvalue weighted by molar-refractivity contribution is 0.189. The van der Waals surface area contributed by atoms with Crippen LogP contribution < -0.4 is 4.90 Å². The van der Waals surface area contributed by atoms with E-state index in [4.69, 9.17) is 8.85 Å². The second kappa shape index (κ2) is 10.4. The number of rotatable bonds is 10. The van der Waals surface area contributed by atoms with Gasteiger partial charge in [0.05, 0.1) is 0 Å². The molecule has 0 spiro atoms. The average molecular weight is 406 g/mol. The van der Waals surface area contributed by atoms with E-state index in [1.807, 2.05) is 26.0 Å². The largest absolute Gasteiger partial charge is 0.395 e. The highest BCUT2D eigenvalue weighted by atomic mass is 28.4. The molecule has 3 aromatic carbocycles. The average Bonchev–Trinajstić information content (AvgIpc) is 2.75. The topological polar surface area (TPSA) is 21.7 Å². The summed E-state index contributed by atoms with van der Waals surface area (Å²) in [6, 6.07) is 30.8. The van der Waals surface area contributed by atoms with Crippen LogP contribution in [0.25, 0.3) is 0 Å². The molecule has 0 unspecified atom stereocenters. The summed E-state index contributed by atoms with van der Waals surface area (Å²) in [5, 5.41) is 0. The van der Waals surface area contributed by atoms with E-state index in [-0.39, 0.29) is 0 Å². The molecule has 4 heteroatoms. The summed E-state index contributed by atoms with van der Waals surface area (Å²) in [5.41, 5.74) is 4.77. The summed E-state index contributed by atoms with van der Waals surface area (Å²) in [6.45, 7) is 7.68. The van der Waals surface area contributed by atoms with Gasteiger partial charge in [-0.05, 0) is 74.8 Å². The summed E-state index contributed by atoms with van der Waals surface area (Å²) in [5.74, 6) is 0. The zero-order chi connectivity index (χ0) is 20.5. The minimum atomic E-state index is -2.08. The Labute approximate surface area is 176 Å². The number of anilines is 3. The van der Waals surface area contributed by atoms with E-state index >= 15 is 0 Å². The third kappa shape index (κ3) is 5.79. The van der Waals surface area contributed by atoms with E-state index < -0.39 is 8.56 Å². The van der Waals surface area contributed by atoms with Gasteiger partial charge in [0.15, 0.2) is 0 Å². The van der Waals surface area contributed by atoms with Gasteiger partial charge >= 0.3 is 8.56 Å². The summed E-state index contributed by atoms with van der Waals surface area (Å²) >= 11 is 0. The van der Waals surface area contributed by atoms with E-state index in [0.29, 0.717) is 13.2 Å². The van der Waals surface area contributed by atoms with Crippen LogP contribution in [0.2, 0.25) is 12.6 Å². The lowest BCUT2D eigenvalue weighted by atomic mass is 10.1. The molecule has 0 aliphatic rings. The minimum absolute atomic E-state index is 0.713. The Morgan fingerprint density at radius 1 is 0.655 bits per heavy atom. The van der Waals surface area contributed by atoms with Gasteiger partial charge in [-0.3, -0.25) is 0 Å². The van der Waals surface area contributed by atoms with E-state index in [0.717, 1.165) is 29.5 Å². The highest BCUT2D eigenvalue weighted by molar-refractivity contribution is 6.66. The summed E-state index contributed by atoms with van der Waals surface area (Å²) in [6.07, 6.45) is 0.972. The van der Waals surface area contributed by atoms with Crippen molar-refractivity contribution in [2.24, 2.45) is 0 Å². The Balaban J connectivity index is 1.79. The summed E-state index contributed by atoms with van der Waals surface area (Å²) in [7, 11) is -2.08. The molecule has 152 valence electrons. The van der Waals surface area contributed by atoms with Gasteiger partial charge in [0.2, 0.25) is 0 Å². The van der Waals surface area contributed by atoms with Crippen molar-refractivity contribution in [1.82, 2.24) is 0 Å². The van der Waals surface area contributed by atoms with Crippen LogP contribution in [0.5, 0.6) is 0 Å². The highest BCUT2D eigenvalue weighted by Gasteiger charge is 2.30. The first-order chi connectivity index (χ1) is 14.1. The third-order valence-corrected chi connectivity index (χ3v) is 7.95. The fourth-order valence-electron chi connectivity index (χ4n) is 3.58. The molecule has 29 heavy (non-hydrogen) atoms. The Morgan fingerprint density at radius 3 is 1.55 bits per heavy atom. The van der Waals surface area contributed by atoms with Gasteiger partial charge in [0, 0.05) is 30.3 Å². The van der Waals surface area contributed by atoms with E-state index in [1.54, 1.807) is 0 Å². The molecule has 0 saturated carbocycles. The molecule has 0 fully saturated rings. The van der Waals surface area contributed by atoms with Crippen LogP contribution in [-0.4, -0.2) is 21.8 Å². The Morgan fingerprint density at radius 2 is 1.10 bits per heavy atom. The molecule has 0 atom stereocenters. The molecule has 0 N–H and O–H groups in total. The van der Waals surface area contributed by atoms with Gasteiger partial charge in [0.25, 0.3) is 0 Å². The number of para-hydroxylation sites is 2. The van der Waals surface area contributed by atoms with Crippen LogP contribution in [0, 0.1) is 0 Å². The maximum atomic E-state index is 5.98. The van der Waals surface area contributed by atoms with Gasteiger partial charge in [-0.15, -0.1) is 0 Å². The van der Waals surface area contributed by atoms with Gasteiger partial charge in [0.1, 0.15) is 0 Å². The Hall–Kier alpha value is -2.40. The van der Waals surface area contributed by atoms with E-state index in [2.05, 4.69) is 84.2 Å². The van der Waals surface area contributed by atoms with Crippen molar-refractivity contribution in [2.75, 3.05) is 18.1 Å². The molecule has 3 aromatic rings. The molecule has 0 saturated heterocycles. The van der Waals surface area contributed by atoms with Gasteiger partial charge < -0.3 is 13.8 Å². The maximum absolute atomic E-state index is 5.98. The second-order valence-corrected chi connectivity index (χ2v) is 10.5. The first-order valence-corrected chi connectivity index (χ1v) is 12.9. The molecule has 0 heterocycles. The number of hydrogen-bond donors (Lipinski definition) is 0. The van der Waals surface area contributed by atoms with Crippen LogP contribution >= 0.6 is 0 Å². The van der Waals surface area contributed by atoms with E-state index in [1.165, 1.54) is 5.56 Å². The lowest BCUT2D eigenvalue weighted by Gasteiger charge is -2.27. The maximum Gasteiger partial charge on any atom is 0.335 e. The molecule has 0 aromatic heterocycles. The van der Waals surface area contributed by atoms with Crippen molar-refractivity contribution in [1.29, 1.82) is 0 Å². The predicted molar refractivity (Wildman–Crippen MR) is 125 cm³/mol. The van der Waals surface area contributed by atoms with Crippen molar-refractivity contribution < 1.29 is 8.85 Å². The van der Waals surface area contributed by atoms with Crippen LogP contribution in [0.1, 0.15) is 19.4 Å². The van der Waals surface area contributed by atoms with Gasteiger partial charge in [-0.1, -0.05) is 48.5 Å². The summed E-state index contributed by atoms with van der Waals surface area (Å²) in [4.78, 5) is 2.28. The molecule has 0 aliphatic carbocycles. The monoisotopic (exact) mass is 405 g/mol. The highest BCUT2D eigenvalue weighted by Crippen LogP contribution is 2.34. The van der Waals surface area contributed by atoms with Crippen molar-refractivity contribution >= 4 is 25.6 Å². The Bertz CT molecular complexity index is 808. The van der Waals surface area contributed by atoms with Crippen LogP contribution in [0.3, 0.4) is 0 Å². The predicted octanol–water partition coefficient (Wildman–Crippen LogP) is 6.84. The second-order valence-electron chi connectivity index (χ2n) is 7.17. The number of benzene rings is 3. The molecule has 3 nitrogen and oxygen atoms in total. The molecule has 0 bridgehead atoms. The van der Waals surface area contributed by atoms with E-state index in [9.17, 15) is 0 Å². The SMILES string of the molecule is CCO[Si](C)(CCc1ccc(N(c2ccccc2)c2ccccc2)cc1)OCC. The zero-order valence-corrected chi connectivity index (χ0v) is 18.7. The Kier molecular flexibility index (Phi) is 7.64. The fourth-order valence-corrected chi connectivity index (χ4v) is 5.92. The van der Waals surface area contributed by atoms with Crippen LogP contribution in [0.15, 0.2) is 84.9 Å². The standard InChI is InChI=1S/C25H31NO2Si/c1-4-27-29(3,28-5-2)21-20-22-16-18-25(19-17-22)26(23-12-8-6-9-13-23)24-14-10-7-11-15-24/h6-19H,4-5,20-21H2,1-3H3. The zero-order valence-electron chi connectivity index (χ0n) is 17.7. The van der Waals surface area contributed by atoms with Crippen molar-refractivity contribution in [3.63, 3.8) is 0 Å². The van der Waals surface area contributed by atoms with Gasteiger partial charge in [-0.2, -0.15) is 0 Å². The smallest absolute Gasteiger partial charge is 0.335 e. The molecular weight excluding hydrogens is 374 g/mol.